The van der Waals surface area contributed by atoms with Crippen molar-refractivity contribution in [3.63, 3.8) is 0 Å². The Kier molecular flexibility index (Phi) is 67.4. The monoisotopic (exact) mass is 1400 g/mol. The molecule has 96 heavy (non-hydrogen) atoms. The summed E-state index contributed by atoms with van der Waals surface area (Å²) in [7, 11) is -9.95. The second kappa shape index (κ2) is 70.0. The molecule has 0 saturated carbocycles. The van der Waals surface area contributed by atoms with Crippen LogP contribution in [0.2, 0.25) is 0 Å². The van der Waals surface area contributed by atoms with Crippen molar-refractivity contribution in [2.24, 2.45) is 0 Å². The number of unbranched alkanes of at least 4 members (excludes halogenated alkanes) is 34. The predicted molar refractivity (Wildman–Crippen MR) is 390 cm³/mol. The van der Waals surface area contributed by atoms with Crippen molar-refractivity contribution in [2.75, 3.05) is 39.6 Å². The second-order valence-corrected chi connectivity index (χ2v) is 28.5. The number of esters is 4. The van der Waals surface area contributed by atoms with E-state index in [1.807, 2.05) is 12.2 Å². The zero-order valence-corrected chi connectivity index (χ0v) is 62.6. The molecular weight excluding hydrogens is 1260 g/mol. The topological polar surface area (TPSA) is 237 Å². The molecule has 0 radical (unpaired) electrons. The number of rotatable bonds is 72. The molecule has 0 fully saturated rings. The van der Waals surface area contributed by atoms with Crippen LogP contribution in [0.3, 0.4) is 0 Å². The maximum atomic E-state index is 13.1. The van der Waals surface area contributed by atoms with Crippen LogP contribution in [0, 0.1) is 0 Å². The predicted octanol–water partition coefficient (Wildman–Crippen LogP) is 21.7. The number of ether oxygens (including phenoxy) is 4. The molecule has 0 aliphatic carbocycles. The summed E-state index contributed by atoms with van der Waals surface area (Å²) in [6.07, 6.45) is 69.0. The summed E-state index contributed by atoms with van der Waals surface area (Å²) < 4.78 is 68.4. The highest BCUT2D eigenvalue weighted by Gasteiger charge is 2.30. The Morgan fingerprint density at radius 1 is 0.292 bits per heavy atom. The van der Waals surface area contributed by atoms with Crippen LogP contribution in [0.1, 0.15) is 336 Å². The van der Waals surface area contributed by atoms with Gasteiger partial charge in [0.25, 0.3) is 0 Å². The van der Waals surface area contributed by atoms with E-state index in [0.717, 1.165) is 128 Å². The highest BCUT2D eigenvalue weighted by molar-refractivity contribution is 7.47. The van der Waals surface area contributed by atoms with E-state index in [-0.39, 0.29) is 25.7 Å². The fourth-order valence-electron chi connectivity index (χ4n) is 10.3. The summed E-state index contributed by atoms with van der Waals surface area (Å²) in [4.78, 5) is 72.7. The minimum Gasteiger partial charge on any atom is -0.462 e. The van der Waals surface area contributed by atoms with Crippen molar-refractivity contribution in [3.8, 4) is 0 Å². The molecule has 0 heterocycles. The van der Waals surface area contributed by atoms with Gasteiger partial charge in [0.2, 0.25) is 0 Å². The van der Waals surface area contributed by atoms with Gasteiger partial charge in [0.15, 0.2) is 12.2 Å². The van der Waals surface area contributed by atoms with E-state index >= 15 is 0 Å². The van der Waals surface area contributed by atoms with Gasteiger partial charge < -0.3 is 33.8 Å². The van der Waals surface area contributed by atoms with E-state index in [0.29, 0.717) is 32.1 Å². The van der Waals surface area contributed by atoms with Crippen LogP contribution in [0.15, 0.2) is 72.9 Å². The molecule has 0 aromatic carbocycles. The maximum Gasteiger partial charge on any atom is 0.472 e. The van der Waals surface area contributed by atoms with Crippen LogP contribution >= 0.6 is 15.6 Å². The number of allylic oxidation sites excluding steroid dienone is 12. The number of aliphatic hydroxyl groups is 1. The van der Waals surface area contributed by atoms with Crippen LogP contribution in [0.5, 0.6) is 0 Å². The molecule has 0 bridgehead atoms. The number of phosphoric acid groups is 2. The Morgan fingerprint density at radius 3 is 0.865 bits per heavy atom. The van der Waals surface area contributed by atoms with E-state index in [4.69, 9.17) is 37.0 Å². The van der Waals surface area contributed by atoms with Gasteiger partial charge in [-0.3, -0.25) is 37.3 Å². The average Bonchev–Trinajstić information content (AvgIpc) is 3.12. The Balaban J connectivity index is 5.37. The zero-order chi connectivity index (χ0) is 70.4. The summed E-state index contributed by atoms with van der Waals surface area (Å²) in [5.74, 6) is -2.24. The SMILES string of the molecule is CCCCC/C=C\C/C=C\C/C=C\C/C=C\CCCC(=O)OC[C@H](COP(=O)(O)OC[C@@H](O)COP(=O)(O)OC[C@@H](COC(=O)CCCCCCC/C=C\CCCCCC)OC(=O)CCCCCCCCCCCCCCC)OC(=O)CCCCCCC/C=C\CCCCCC. The molecule has 0 aromatic rings. The lowest BCUT2D eigenvalue weighted by atomic mass is 10.0. The molecule has 17 nitrogen and oxygen atoms in total. The molecular formula is C77H138O17P2. The third kappa shape index (κ3) is 69.0. The molecule has 0 amide bonds. The second-order valence-electron chi connectivity index (χ2n) is 25.6. The lowest BCUT2D eigenvalue weighted by Crippen LogP contribution is -2.30. The molecule has 0 aliphatic heterocycles. The quantitative estimate of drug-likeness (QED) is 0.0169. The lowest BCUT2D eigenvalue weighted by Gasteiger charge is -2.21. The van der Waals surface area contributed by atoms with Crippen molar-refractivity contribution in [3.05, 3.63) is 72.9 Å². The van der Waals surface area contributed by atoms with Crippen molar-refractivity contribution >= 4 is 39.5 Å². The van der Waals surface area contributed by atoms with E-state index in [9.17, 15) is 43.2 Å². The lowest BCUT2D eigenvalue weighted by molar-refractivity contribution is -0.161. The normalized spacial score (nSPS) is 14.4. The van der Waals surface area contributed by atoms with E-state index < -0.39 is 97.5 Å². The first-order valence-corrected chi connectivity index (χ1v) is 41.2. The molecule has 0 aliphatic rings. The zero-order valence-electron chi connectivity index (χ0n) is 60.8. The fourth-order valence-corrected chi connectivity index (χ4v) is 11.8. The Morgan fingerprint density at radius 2 is 0.521 bits per heavy atom. The fraction of sp³-hybridized carbons (Fsp3) is 0.792. The van der Waals surface area contributed by atoms with Gasteiger partial charge in [-0.25, -0.2) is 9.13 Å². The smallest absolute Gasteiger partial charge is 0.462 e. The standard InChI is InChI=1S/C77H138O17P2/c1-5-9-13-17-21-25-29-33-34-35-36-40-42-46-50-54-58-62-75(80)88-68-73(94-77(82)64-60-56-52-48-44-39-32-28-24-20-16-12-8-4)70-92-96(85,86)90-66-71(78)65-89-95(83,84)91-69-72(93-76(81)63-59-55-51-47-43-38-31-27-23-19-15-11-7-3)67-87-74(79)61-57-53-49-45-41-37-30-26-22-18-14-10-6-2/h21,25-26,28,30,32-34,36,40,46,50,71-73,78H,5-20,22-24,27,29,31,35,37-39,41-45,47-49,51-70H2,1-4H3,(H,83,84)(H,85,86)/b25-21-,30-26-,32-28-,34-33-,40-36-,50-46-/t71-,72+,73+/m0/s1. The Labute approximate surface area is 583 Å². The average molecular weight is 1400 g/mol. The maximum absolute atomic E-state index is 13.1. The van der Waals surface area contributed by atoms with Crippen LogP contribution in [0.4, 0.5) is 0 Å². The number of carbonyl (C=O) groups excluding carboxylic acids is 4. The van der Waals surface area contributed by atoms with Gasteiger partial charge in [-0.05, 0) is 116 Å². The molecule has 0 aromatic heterocycles. The summed E-state index contributed by atoms with van der Waals surface area (Å²) in [6.45, 7) is 4.77. The summed E-state index contributed by atoms with van der Waals surface area (Å²) in [5, 5.41) is 10.6. The molecule has 5 atom stereocenters. The first-order valence-electron chi connectivity index (χ1n) is 38.2. The molecule has 3 N–H and O–H groups in total. The third-order valence-corrected chi connectivity index (χ3v) is 18.0. The highest BCUT2D eigenvalue weighted by Crippen LogP contribution is 2.45. The van der Waals surface area contributed by atoms with Crippen molar-refractivity contribution in [1.29, 1.82) is 0 Å². The van der Waals surface area contributed by atoms with Gasteiger partial charge in [0, 0.05) is 25.7 Å². The number of phosphoric ester groups is 2. The van der Waals surface area contributed by atoms with Crippen molar-refractivity contribution in [1.82, 2.24) is 0 Å². The Bertz CT molecular complexity index is 2110. The van der Waals surface area contributed by atoms with Crippen LogP contribution < -0.4 is 0 Å². The molecule has 19 heteroatoms. The minimum atomic E-state index is -4.98. The largest absolute Gasteiger partial charge is 0.472 e. The molecule has 558 valence electrons. The van der Waals surface area contributed by atoms with Gasteiger partial charge in [0.1, 0.15) is 19.3 Å². The van der Waals surface area contributed by atoms with E-state index in [1.165, 1.54) is 122 Å². The Hall–Kier alpha value is -3.50. The third-order valence-electron chi connectivity index (χ3n) is 16.1. The van der Waals surface area contributed by atoms with Crippen molar-refractivity contribution < 1.29 is 80.2 Å². The van der Waals surface area contributed by atoms with E-state index in [2.05, 4.69) is 88.5 Å². The number of aliphatic hydroxyl groups excluding tert-OH is 1. The summed E-state index contributed by atoms with van der Waals surface area (Å²) in [6, 6.07) is 0. The first-order chi connectivity index (χ1) is 46.7. The molecule has 2 unspecified atom stereocenters. The number of hydrogen-bond donors (Lipinski definition) is 3. The minimum absolute atomic E-state index is 0.0755. The molecule has 0 saturated heterocycles. The highest BCUT2D eigenvalue weighted by atomic mass is 31.2. The molecule has 0 rings (SSSR count). The van der Waals surface area contributed by atoms with Crippen LogP contribution in [-0.4, -0.2) is 96.7 Å². The van der Waals surface area contributed by atoms with Gasteiger partial charge in [-0.2, -0.15) is 0 Å². The van der Waals surface area contributed by atoms with Crippen LogP contribution in [0.25, 0.3) is 0 Å². The summed E-state index contributed by atoms with van der Waals surface area (Å²) in [5.41, 5.74) is 0. The number of carbonyl (C=O) groups is 4. The van der Waals surface area contributed by atoms with Gasteiger partial charge in [0.05, 0.1) is 26.4 Å². The van der Waals surface area contributed by atoms with Gasteiger partial charge in [-0.15, -0.1) is 0 Å². The summed E-state index contributed by atoms with van der Waals surface area (Å²) >= 11 is 0. The van der Waals surface area contributed by atoms with Gasteiger partial charge in [-0.1, -0.05) is 268 Å². The van der Waals surface area contributed by atoms with E-state index in [1.54, 1.807) is 0 Å². The van der Waals surface area contributed by atoms with Crippen molar-refractivity contribution in [2.45, 2.75) is 354 Å². The molecule has 0 spiro atoms. The first kappa shape index (κ1) is 92.5. The van der Waals surface area contributed by atoms with Gasteiger partial charge >= 0.3 is 39.5 Å². The number of hydrogen-bond acceptors (Lipinski definition) is 15. The van der Waals surface area contributed by atoms with Crippen LogP contribution in [-0.2, 0) is 65.4 Å².